The summed E-state index contributed by atoms with van der Waals surface area (Å²) in [6.07, 6.45) is 7.29. The number of hydrogen-bond donors (Lipinski definition) is 0. The van der Waals surface area contributed by atoms with Crippen LogP contribution in [0.25, 0.3) is 0 Å². The fourth-order valence-corrected chi connectivity index (χ4v) is 1.05. The van der Waals surface area contributed by atoms with Gasteiger partial charge in [-0.25, -0.2) is 0 Å². The molecule has 2 aliphatic rings. The minimum absolute atomic E-state index is 1.02. The molecule has 0 heteroatoms. The highest BCUT2D eigenvalue weighted by Gasteiger charge is 2.37. The first-order valence-electron chi connectivity index (χ1n) is 2.49. The predicted octanol–water partition coefficient (Wildman–Crippen LogP) is 1.54. The van der Waals surface area contributed by atoms with Crippen molar-refractivity contribution in [1.82, 2.24) is 0 Å². The average molecular weight is 79.1 g/mol. The molecule has 0 aromatic heterocycles. The van der Waals surface area contributed by atoms with Gasteiger partial charge >= 0.3 is 0 Å². The molecular weight excluding hydrogens is 72.1 g/mol. The monoisotopic (exact) mass is 79.1 g/mol. The molecule has 2 aliphatic carbocycles. The van der Waals surface area contributed by atoms with Crippen molar-refractivity contribution in [3.63, 3.8) is 0 Å². The molecule has 0 bridgehead atoms. The van der Waals surface area contributed by atoms with Crippen molar-refractivity contribution in [2.75, 3.05) is 0 Å². The van der Waals surface area contributed by atoms with Crippen LogP contribution < -0.4 is 0 Å². The van der Waals surface area contributed by atoms with Gasteiger partial charge < -0.3 is 0 Å². The molecule has 0 aromatic carbocycles. The quantitative estimate of drug-likeness (QED) is 0.413. The summed E-state index contributed by atoms with van der Waals surface area (Å²) in [4.78, 5) is 0. The maximum atomic E-state index is 2.27. The molecule has 31 valence electrons. The van der Waals surface area contributed by atoms with Gasteiger partial charge in [0, 0.05) is 5.92 Å². The summed E-state index contributed by atoms with van der Waals surface area (Å²) in [5.41, 5.74) is 0. The molecule has 0 N–H and O–H groups in total. The van der Waals surface area contributed by atoms with Crippen molar-refractivity contribution in [2.24, 2.45) is 5.92 Å². The summed E-state index contributed by atoms with van der Waals surface area (Å²) in [5, 5.41) is 0. The van der Waals surface area contributed by atoms with Crippen molar-refractivity contribution in [2.45, 2.75) is 12.8 Å². The van der Waals surface area contributed by atoms with Gasteiger partial charge in [0.05, 0.1) is 0 Å². The molecule has 0 amide bonds. The van der Waals surface area contributed by atoms with E-state index in [1.165, 1.54) is 12.8 Å². The summed E-state index contributed by atoms with van der Waals surface area (Å²) >= 11 is 0. The number of allylic oxidation sites excluding steroid dienone is 2. The second kappa shape index (κ2) is 0.699. The lowest BCUT2D eigenvalue weighted by molar-refractivity contribution is 0.904. The number of rotatable bonds is 0. The Kier molecular flexibility index (Phi) is 0.331. The Balaban J connectivity index is 2.26. The smallest absolute Gasteiger partial charge is 0.00101 e. The molecule has 0 nitrogen and oxygen atoms in total. The summed E-state index contributed by atoms with van der Waals surface area (Å²) in [5.74, 6) is 2.71. The van der Waals surface area contributed by atoms with Crippen LogP contribution in [0.2, 0.25) is 0 Å². The third-order valence-electron chi connectivity index (χ3n) is 1.60. The SMILES string of the molecule is C1=C[C]2CC2C1. The van der Waals surface area contributed by atoms with Crippen LogP contribution in [0.1, 0.15) is 12.8 Å². The van der Waals surface area contributed by atoms with Crippen LogP contribution in [0.3, 0.4) is 0 Å². The second-order valence-electron chi connectivity index (χ2n) is 2.11. The van der Waals surface area contributed by atoms with E-state index >= 15 is 0 Å². The Bertz CT molecular complexity index is 92.2. The molecule has 1 radical (unpaired) electrons. The zero-order valence-electron chi connectivity index (χ0n) is 3.65. The largest absolute Gasteiger partial charge is 0.0876 e. The Labute approximate surface area is 37.9 Å². The van der Waals surface area contributed by atoms with E-state index in [0.29, 0.717) is 0 Å². The van der Waals surface area contributed by atoms with Crippen molar-refractivity contribution in [3.8, 4) is 0 Å². The zero-order chi connectivity index (χ0) is 3.98. The minimum Gasteiger partial charge on any atom is -0.0876 e. The first kappa shape index (κ1) is 2.84. The first-order chi connectivity index (χ1) is 2.97. The van der Waals surface area contributed by atoms with Gasteiger partial charge in [-0.1, -0.05) is 12.2 Å². The van der Waals surface area contributed by atoms with Gasteiger partial charge in [0.2, 0.25) is 0 Å². The molecule has 0 heterocycles. The molecule has 2 rings (SSSR count). The van der Waals surface area contributed by atoms with Gasteiger partial charge in [0.25, 0.3) is 0 Å². The molecule has 0 saturated heterocycles. The van der Waals surface area contributed by atoms with Crippen LogP contribution in [0, 0.1) is 11.8 Å². The highest BCUT2D eigenvalue weighted by atomic mass is 14.4. The molecule has 1 unspecified atom stereocenters. The Morgan fingerprint density at radius 1 is 1.67 bits per heavy atom. The topological polar surface area (TPSA) is 0 Å². The van der Waals surface area contributed by atoms with Crippen molar-refractivity contribution < 1.29 is 0 Å². The first-order valence-corrected chi connectivity index (χ1v) is 2.49. The van der Waals surface area contributed by atoms with E-state index < -0.39 is 0 Å². The predicted molar refractivity (Wildman–Crippen MR) is 25.1 cm³/mol. The van der Waals surface area contributed by atoms with Gasteiger partial charge in [-0.3, -0.25) is 0 Å². The fraction of sp³-hybridized carbons (Fsp3) is 0.500. The third-order valence-corrected chi connectivity index (χ3v) is 1.60. The minimum atomic E-state index is 1.02. The average Bonchev–Trinajstić information content (AvgIpc) is 2.17. The molecule has 0 aromatic rings. The van der Waals surface area contributed by atoms with Gasteiger partial charge in [-0.2, -0.15) is 0 Å². The number of fused-ring (bicyclic) bond motifs is 1. The van der Waals surface area contributed by atoms with Gasteiger partial charge in [0.15, 0.2) is 0 Å². The van der Waals surface area contributed by atoms with Crippen LogP contribution in [0.15, 0.2) is 12.2 Å². The van der Waals surface area contributed by atoms with E-state index in [9.17, 15) is 0 Å². The Morgan fingerprint density at radius 3 is 2.83 bits per heavy atom. The molecule has 1 atom stereocenters. The van der Waals surface area contributed by atoms with Crippen LogP contribution >= 0.6 is 0 Å². The summed E-state index contributed by atoms with van der Waals surface area (Å²) in [7, 11) is 0. The van der Waals surface area contributed by atoms with Crippen molar-refractivity contribution in [3.05, 3.63) is 18.1 Å². The van der Waals surface area contributed by atoms with Gasteiger partial charge in [-0.15, -0.1) is 0 Å². The standard InChI is InChI=1S/C6H7/c1-2-5-4-6(5)3-1/h1-2,6H,3-4H2. The van der Waals surface area contributed by atoms with E-state index in [2.05, 4.69) is 12.2 Å². The highest BCUT2D eigenvalue weighted by Crippen LogP contribution is 2.49. The van der Waals surface area contributed by atoms with Crippen molar-refractivity contribution >= 4 is 0 Å². The summed E-state index contributed by atoms with van der Waals surface area (Å²) < 4.78 is 0. The second-order valence-corrected chi connectivity index (χ2v) is 2.11. The highest BCUT2D eigenvalue weighted by molar-refractivity contribution is 5.33. The van der Waals surface area contributed by atoms with Crippen molar-refractivity contribution in [1.29, 1.82) is 0 Å². The molecular formula is C6H7. The Morgan fingerprint density at radius 2 is 2.67 bits per heavy atom. The van der Waals surface area contributed by atoms with E-state index in [0.717, 1.165) is 5.92 Å². The molecule has 1 saturated carbocycles. The van der Waals surface area contributed by atoms with Gasteiger partial charge in [0.1, 0.15) is 0 Å². The normalized spacial score (nSPS) is 40.3. The van der Waals surface area contributed by atoms with E-state index in [1.807, 2.05) is 0 Å². The lowest BCUT2D eigenvalue weighted by atomic mass is 10.3. The summed E-state index contributed by atoms with van der Waals surface area (Å²) in [6.45, 7) is 0. The van der Waals surface area contributed by atoms with E-state index in [-0.39, 0.29) is 0 Å². The fourth-order valence-electron chi connectivity index (χ4n) is 1.05. The zero-order valence-corrected chi connectivity index (χ0v) is 3.65. The third kappa shape index (κ3) is 0.204. The van der Waals surface area contributed by atoms with Crippen LogP contribution in [-0.4, -0.2) is 0 Å². The lowest BCUT2D eigenvalue weighted by Crippen LogP contribution is -1.60. The molecule has 0 spiro atoms. The van der Waals surface area contributed by atoms with Crippen LogP contribution in [-0.2, 0) is 0 Å². The molecule has 1 fully saturated rings. The maximum Gasteiger partial charge on any atom is 0.00101 e. The Hall–Kier alpha value is -0.260. The summed E-state index contributed by atoms with van der Waals surface area (Å²) in [6, 6.07) is 0. The molecule has 6 heavy (non-hydrogen) atoms. The lowest BCUT2D eigenvalue weighted by Gasteiger charge is -1.71. The number of hydrogen-bond acceptors (Lipinski definition) is 0. The van der Waals surface area contributed by atoms with E-state index in [1.54, 1.807) is 5.92 Å². The molecule has 0 aliphatic heterocycles. The van der Waals surface area contributed by atoms with Gasteiger partial charge in [-0.05, 0) is 18.8 Å². The van der Waals surface area contributed by atoms with E-state index in [4.69, 9.17) is 0 Å². The maximum absolute atomic E-state index is 2.27. The van der Waals surface area contributed by atoms with Crippen LogP contribution in [0.4, 0.5) is 0 Å². The van der Waals surface area contributed by atoms with Crippen LogP contribution in [0.5, 0.6) is 0 Å².